The Morgan fingerprint density at radius 3 is 2.69 bits per heavy atom. The van der Waals surface area contributed by atoms with E-state index in [4.69, 9.17) is 0 Å². The van der Waals surface area contributed by atoms with Gasteiger partial charge in [0.25, 0.3) is 11.8 Å². The standard InChI is InChI=1S/C24H26N4O3S/c1-3-11-26(12-4-2)22(29)17-7-6-13-27(15-17)19-9-5-8-18-21(19)24(31)28(23(18)30)16-20-25-10-14-32-20/h3-5,8-10,14,17H,1-2,6-7,11-13,15-16H2. The van der Waals surface area contributed by atoms with Crippen molar-refractivity contribution in [2.24, 2.45) is 5.92 Å². The Balaban J connectivity index is 1.57. The predicted octanol–water partition coefficient (Wildman–Crippen LogP) is 3.36. The van der Waals surface area contributed by atoms with Crippen molar-refractivity contribution in [3.8, 4) is 0 Å². The van der Waals surface area contributed by atoms with Crippen molar-refractivity contribution in [1.82, 2.24) is 14.8 Å². The lowest BCUT2D eigenvalue weighted by molar-refractivity contribution is -0.134. The van der Waals surface area contributed by atoms with Crippen LogP contribution >= 0.6 is 11.3 Å². The fraction of sp³-hybridized carbons (Fsp3) is 0.333. The van der Waals surface area contributed by atoms with Crippen molar-refractivity contribution in [2.75, 3.05) is 31.1 Å². The zero-order chi connectivity index (χ0) is 22.7. The molecule has 1 aromatic heterocycles. The third kappa shape index (κ3) is 4.10. The maximum Gasteiger partial charge on any atom is 0.264 e. The Bertz CT molecular complexity index is 1040. The van der Waals surface area contributed by atoms with Gasteiger partial charge in [-0.3, -0.25) is 19.3 Å². The van der Waals surface area contributed by atoms with Crippen molar-refractivity contribution in [3.05, 3.63) is 71.2 Å². The quantitative estimate of drug-likeness (QED) is 0.456. The van der Waals surface area contributed by atoms with Gasteiger partial charge in [0.2, 0.25) is 5.91 Å². The highest BCUT2D eigenvalue weighted by Gasteiger charge is 2.40. The number of aromatic nitrogens is 1. The molecule has 1 unspecified atom stereocenters. The van der Waals surface area contributed by atoms with E-state index in [-0.39, 0.29) is 30.2 Å². The van der Waals surface area contributed by atoms with Crippen molar-refractivity contribution >= 4 is 34.7 Å². The molecule has 0 aliphatic carbocycles. The molecular weight excluding hydrogens is 424 g/mol. The third-order valence-electron chi connectivity index (χ3n) is 5.88. The van der Waals surface area contributed by atoms with Crippen LogP contribution in [-0.2, 0) is 11.3 Å². The molecule has 7 nitrogen and oxygen atoms in total. The van der Waals surface area contributed by atoms with Gasteiger partial charge in [0.1, 0.15) is 5.01 Å². The maximum absolute atomic E-state index is 13.2. The number of carbonyl (C=O) groups excluding carboxylic acids is 3. The Morgan fingerprint density at radius 1 is 1.22 bits per heavy atom. The summed E-state index contributed by atoms with van der Waals surface area (Å²) in [7, 11) is 0. The maximum atomic E-state index is 13.2. The number of carbonyl (C=O) groups is 3. The van der Waals surface area contributed by atoms with Crippen molar-refractivity contribution in [2.45, 2.75) is 19.4 Å². The molecule has 1 aromatic carbocycles. The van der Waals surface area contributed by atoms with E-state index < -0.39 is 0 Å². The van der Waals surface area contributed by atoms with Gasteiger partial charge < -0.3 is 9.80 Å². The zero-order valence-corrected chi connectivity index (χ0v) is 18.7. The minimum absolute atomic E-state index is 0.0647. The number of rotatable bonds is 8. The van der Waals surface area contributed by atoms with Crippen LogP contribution in [0.5, 0.6) is 0 Å². The lowest BCUT2D eigenvalue weighted by atomic mass is 9.94. The lowest BCUT2D eigenvalue weighted by Gasteiger charge is -2.36. The molecule has 32 heavy (non-hydrogen) atoms. The average molecular weight is 451 g/mol. The van der Waals surface area contributed by atoms with E-state index in [0.29, 0.717) is 35.8 Å². The first-order valence-corrected chi connectivity index (χ1v) is 11.6. The Kier molecular flexibility index (Phi) is 6.50. The van der Waals surface area contributed by atoms with Gasteiger partial charge in [0, 0.05) is 37.8 Å². The highest BCUT2D eigenvalue weighted by Crippen LogP contribution is 2.35. The van der Waals surface area contributed by atoms with E-state index in [1.165, 1.54) is 16.2 Å². The molecule has 4 rings (SSSR count). The van der Waals surface area contributed by atoms with E-state index >= 15 is 0 Å². The summed E-state index contributed by atoms with van der Waals surface area (Å²) in [6.45, 7) is 9.85. The van der Waals surface area contributed by atoms with Crippen LogP contribution in [0.25, 0.3) is 0 Å². The number of hydrogen-bond acceptors (Lipinski definition) is 6. The Labute approximate surface area is 191 Å². The van der Waals surface area contributed by atoms with E-state index in [0.717, 1.165) is 25.1 Å². The normalized spacial score (nSPS) is 17.9. The highest BCUT2D eigenvalue weighted by atomic mass is 32.1. The predicted molar refractivity (Wildman–Crippen MR) is 125 cm³/mol. The Hall–Kier alpha value is -3.26. The molecule has 0 bridgehead atoms. The van der Waals surface area contributed by atoms with Gasteiger partial charge in [-0.1, -0.05) is 18.2 Å². The molecular formula is C24H26N4O3S. The minimum atomic E-state index is -0.302. The molecule has 3 amide bonds. The van der Waals surface area contributed by atoms with E-state index in [1.807, 2.05) is 11.4 Å². The molecule has 0 saturated carbocycles. The van der Waals surface area contributed by atoms with Crippen LogP contribution < -0.4 is 4.90 Å². The van der Waals surface area contributed by atoms with Gasteiger partial charge in [-0.25, -0.2) is 4.98 Å². The molecule has 1 saturated heterocycles. The summed E-state index contributed by atoms with van der Waals surface area (Å²) in [6, 6.07) is 5.37. The van der Waals surface area contributed by atoms with E-state index in [1.54, 1.807) is 35.4 Å². The lowest BCUT2D eigenvalue weighted by Crippen LogP contribution is -2.45. The first kappa shape index (κ1) is 22.0. The Morgan fingerprint density at radius 2 is 2.00 bits per heavy atom. The molecule has 1 atom stereocenters. The number of fused-ring (bicyclic) bond motifs is 1. The summed E-state index contributed by atoms with van der Waals surface area (Å²) in [5, 5.41) is 2.54. The number of imide groups is 1. The number of hydrogen-bond donors (Lipinski definition) is 0. The summed E-state index contributed by atoms with van der Waals surface area (Å²) in [5.74, 6) is -0.716. The molecule has 2 aliphatic heterocycles. The number of anilines is 1. The number of nitrogens with zero attached hydrogens (tertiary/aromatic N) is 4. The van der Waals surface area contributed by atoms with Crippen LogP contribution in [0.3, 0.4) is 0 Å². The van der Waals surface area contributed by atoms with Crippen molar-refractivity contribution in [1.29, 1.82) is 0 Å². The SMILES string of the molecule is C=CCN(CC=C)C(=O)C1CCCN(c2cccc3c2C(=O)N(Cc2nccs2)C3=O)C1. The second-order valence-electron chi connectivity index (χ2n) is 7.93. The van der Waals surface area contributed by atoms with Gasteiger partial charge in [-0.15, -0.1) is 24.5 Å². The summed E-state index contributed by atoms with van der Waals surface area (Å²) in [6.07, 6.45) is 6.72. The van der Waals surface area contributed by atoms with E-state index in [9.17, 15) is 14.4 Å². The van der Waals surface area contributed by atoms with Gasteiger partial charge in [0.05, 0.1) is 29.3 Å². The molecule has 8 heteroatoms. The minimum Gasteiger partial charge on any atom is -0.370 e. The number of piperidine rings is 1. The van der Waals surface area contributed by atoms with Gasteiger partial charge in [-0.05, 0) is 25.0 Å². The van der Waals surface area contributed by atoms with Crippen LogP contribution in [0.2, 0.25) is 0 Å². The van der Waals surface area contributed by atoms with Crippen molar-refractivity contribution < 1.29 is 14.4 Å². The number of thiazole rings is 1. The molecule has 2 aromatic rings. The van der Waals surface area contributed by atoms with Crippen LogP contribution in [-0.4, -0.2) is 58.7 Å². The van der Waals surface area contributed by atoms with Crippen LogP contribution in [0.4, 0.5) is 5.69 Å². The molecule has 3 heterocycles. The third-order valence-corrected chi connectivity index (χ3v) is 6.64. The number of benzene rings is 1. The highest BCUT2D eigenvalue weighted by molar-refractivity contribution is 7.09. The van der Waals surface area contributed by atoms with Gasteiger partial charge >= 0.3 is 0 Å². The topological polar surface area (TPSA) is 73.8 Å². The van der Waals surface area contributed by atoms with E-state index in [2.05, 4.69) is 23.0 Å². The first-order valence-electron chi connectivity index (χ1n) is 10.7. The monoisotopic (exact) mass is 450 g/mol. The van der Waals surface area contributed by atoms with Crippen LogP contribution in [0.15, 0.2) is 55.1 Å². The second-order valence-corrected chi connectivity index (χ2v) is 8.91. The molecule has 0 spiro atoms. The molecule has 166 valence electrons. The summed E-state index contributed by atoms with van der Waals surface area (Å²) in [4.78, 5) is 48.6. The summed E-state index contributed by atoms with van der Waals surface area (Å²) >= 11 is 1.42. The molecule has 0 N–H and O–H groups in total. The van der Waals surface area contributed by atoms with Crippen LogP contribution in [0.1, 0.15) is 38.6 Å². The van der Waals surface area contributed by atoms with Crippen LogP contribution in [0, 0.1) is 5.92 Å². The first-order chi connectivity index (χ1) is 15.5. The summed E-state index contributed by atoms with van der Waals surface area (Å²) < 4.78 is 0. The molecule has 2 aliphatic rings. The molecule has 1 fully saturated rings. The molecule has 0 radical (unpaired) electrons. The second kappa shape index (κ2) is 9.48. The fourth-order valence-electron chi connectivity index (χ4n) is 4.41. The fourth-order valence-corrected chi connectivity index (χ4v) is 5.02. The number of amides is 3. The average Bonchev–Trinajstić information content (AvgIpc) is 3.41. The largest absolute Gasteiger partial charge is 0.370 e. The summed E-state index contributed by atoms with van der Waals surface area (Å²) in [5.41, 5.74) is 1.56. The van der Waals surface area contributed by atoms with Gasteiger partial charge in [0.15, 0.2) is 0 Å². The van der Waals surface area contributed by atoms with Crippen molar-refractivity contribution in [3.63, 3.8) is 0 Å². The van der Waals surface area contributed by atoms with Gasteiger partial charge in [-0.2, -0.15) is 0 Å². The zero-order valence-electron chi connectivity index (χ0n) is 17.9. The smallest absolute Gasteiger partial charge is 0.264 e.